The number of nitrogens with zero attached hydrogens (tertiary/aromatic N) is 8. The van der Waals surface area contributed by atoms with Gasteiger partial charge in [-0.1, -0.05) is 208 Å². The Labute approximate surface area is 409 Å². The van der Waals surface area contributed by atoms with Crippen LogP contribution in [0.25, 0.3) is 123 Å². The van der Waals surface area contributed by atoms with E-state index in [1.54, 1.807) is 0 Å². The molecule has 1 aliphatic rings. The lowest BCUT2D eigenvalue weighted by atomic mass is 9.80. The molecule has 0 saturated heterocycles. The van der Waals surface area contributed by atoms with E-state index in [-0.39, 0.29) is 5.41 Å². The summed E-state index contributed by atoms with van der Waals surface area (Å²) in [6, 6.07) is 76.0. The largest absolute Gasteiger partial charge is 0.307 e. The molecule has 0 N–H and O–H groups in total. The van der Waals surface area contributed by atoms with Gasteiger partial charge >= 0.3 is 0 Å². The van der Waals surface area contributed by atoms with Crippen LogP contribution in [0.4, 0.5) is 0 Å². The molecule has 0 saturated carbocycles. The van der Waals surface area contributed by atoms with Crippen LogP contribution >= 0.6 is 0 Å². The quantitative estimate of drug-likeness (QED) is 0.158. The first-order valence-corrected chi connectivity index (χ1v) is 24.0. The van der Waals surface area contributed by atoms with Gasteiger partial charge in [-0.25, -0.2) is 19.9 Å². The fraction of sp³-hybridized carbons (Fsp3) is 0.0476. The molecular weight excluding hydrogens is 869 g/mol. The predicted molar refractivity (Wildman–Crippen MR) is 287 cm³/mol. The molecular formula is C63H42N8. The highest BCUT2D eigenvalue weighted by Gasteiger charge is 2.38. The molecule has 0 fully saturated rings. The summed E-state index contributed by atoms with van der Waals surface area (Å²) in [6.45, 7) is 4.61. The van der Waals surface area contributed by atoms with Crippen molar-refractivity contribution in [2.24, 2.45) is 0 Å². The van der Waals surface area contributed by atoms with E-state index in [0.717, 1.165) is 77.1 Å². The Morgan fingerprint density at radius 2 is 0.761 bits per heavy atom. The van der Waals surface area contributed by atoms with Crippen molar-refractivity contribution in [1.82, 2.24) is 39.0 Å². The summed E-state index contributed by atoms with van der Waals surface area (Å²) >= 11 is 0. The smallest absolute Gasteiger partial charge is 0.238 e. The fourth-order valence-electron chi connectivity index (χ4n) is 11.0. The Hall–Kier alpha value is -9.40. The molecule has 334 valence electrons. The zero-order valence-corrected chi connectivity index (χ0v) is 38.9. The average Bonchev–Trinajstić information content (AvgIpc) is 4.04. The van der Waals surface area contributed by atoms with Gasteiger partial charge in [0.2, 0.25) is 5.95 Å². The maximum atomic E-state index is 5.39. The summed E-state index contributed by atoms with van der Waals surface area (Å²) in [4.78, 5) is 31.6. The molecule has 1 aliphatic carbocycles. The van der Waals surface area contributed by atoms with E-state index in [1.807, 2.05) is 78.9 Å². The molecule has 71 heavy (non-hydrogen) atoms. The van der Waals surface area contributed by atoms with Crippen molar-refractivity contribution in [2.45, 2.75) is 19.3 Å². The second-order valence-corrected chi connectivity index (χ2v) is 18.7. The standard InChI is InChI=1S/C63H42N8/c1-63(2)51-33-15-12-28-44(51)47-31-19-32-50(54(47)63)61-66-57(39-20-6-3-7-21-39)64-60(67-61)42-26-18-27-43(38-42)70-52-34-16-13-29-45(52)48-36-37-49-46-30-14-17-35-53(46)71(56(49)55(48)70)62-68-58(40-22-8-4-9-23-40)65-59(69-62)41-24-10-5-11-25-41/h3-38H,1-2H3. The average molecular weight is 911 g/mol. The molecule has 0 amide bonds. The van der Waals surface area contributed by atoms with Crippen LogP contribution in [0.15, 0.2) is 218 Å². The van der Waals surface area contributed by atoms with Gasteiger partial charge in [0.1, 0.15) is 0 Å². The number of hydrogen-bond donors (Lipinski definition) is 0. The van der Waals surface area contributed by atoms with Gasteiger partial charge in [-0.15, -0.1) is 0 Å². The van der Waals surface area contributed by atoms with E-state index in [9.17, 15) is 0 Å². The summed E-state index contributed by atoms with van der Waals surface area (Å²) in [6.07, 6.45) is 0. The number of fused-ring (bicyclic) bond motifs is 10. The molecule has 8 nitrogen and oxygen atoms in total. The van der Waals surface area contributed by atoms with Crippen molar-refractivity contribution in [3.05, 3.63) is 230 Å². The third-order valence-corrected chi connectivity index (χ3v) is 14.2. The molecule has 0 aliphatic heterocycles. The molecule has 4 heterocycles. The zero-order valence-electron chi connectivity index (χ0n) is 38.9. The van der Waals surface area contributed by atoms with Gasteiger partial charge in [0.25, 0.3) is 0 Å². The van der Waals surface area contributed by atoms with E-state index in [1.165, 1.54) is 22.3 Å². The summed E-state index contributed by atoms with van der Waals surface area (Å²) in [7, 11) is 0. The Balaban J connectivity index is 1.02. The highest BCUT2D eigenvalue weighted by molar-refractivity contribution is 6.23. The van der Waals surface area contributed by atoms with Gasteiger partial charge in [0.15, 0.2) is 29.1 Å². The van der Waals surface area contributed by atoms with Crippen molar-refractivity contribution in [2.75, 3.05) is 0 Å². The minimum absolute atomic E-state index is 0.264. The Morgan fingerprint density at radius 3 is 1.38 bits per heavy atom. The SMILES string of the molecule is CC1(C)c2ccccc2-c2cccc(-c3nc(-c4ccccc4)nc(-c4cccc(-n5c6ccccc6c6ccc7c8ccccc8n(-c8nc(-c9ccccc9)nc(-c9ccccc9)n8)c7c65)c4)n3)c21. The number of hydrogen-bond acceptors (Lipinski definition) is 6. The summed E-state index contributed by atoms with van der Waals surface area (Å²) in [5.41, 5.74) is 14.4. The topological polar surface area (TPSA) is 87.2 Å². The van der Waals surface area contributed by atoms with E-state index in [4.69, 9.17) is 29.9 Å². The maximum Gasteiger partial charge on any atom is 0.238 e. The van der Waals surface area contributed by atoms with E-state index < -0.39 is 0 Å². The zero-order chi connectivity index (χ0) is 47.2. The number of aromatic nitrogens is 8. The first-order chi connectivity index (χ1) is 35.0. The van der Waals surface area contributed by atoms with Crippen LogP contribution in [0.2, 0.25) is 0 Å². The van der Waals surface area contributed by atoms with Crippen LogP contribution in [0.1, 0.15) is 25.0 Å². The molecule has 0 atom stereocenters. The van der Waals surface area contributed by atoms with Crippen LogP contribution in [-0.2, 0) is 5.41 Å². The molecule has 0 spiro atoms. The molecule has 0 bridgehead atoms. The number of benzene rings is 9. The maximum absolute atomic E-state index is 5.39. The lowest BCUT2D eigenvalue weighted by Crippen LogP contribution is -2.17. The lowest BCUT2D eigenvalue weighted by Gasteiger charge is -2.24. The number of rotatable bonds is 7. The van der Waals surface area contributed by atoms with Crippen molar-refractivity contribution in [3.63, 3.8) is 0 Å². The minimum atomic E-state index is -0.264. The van der Waals surface area contributed by atoms with Crippen molar-refractivity contribution >= 4 is 43.6 Å². The Bertz CT molecular complexity index is 4190. The third-order valence-electron chi connectivity index (χ3n) is 14.2. The Morgan fingerprint density at radius 1 is 0.324 bits per heavy atom. The first kappa shape index (κ1) is 40.6. The minimum Gasteiger partial charge on any atom is -0.307 e. The normalized spacial score (nSPS) is 12.8. The highest BCUT2D eigenvalue weighted by atomic mass is 15.2. The van der Waals surface area contributed by atoms with Gasteiger partial charge in [-0.3, -0.25) is 4.57 Å². The van der Waals surface area contributed by atoms with Crippen molar-refractivity contribution in [1.29, 1.82) is 0 Å². The molecule has 8 heteroatoms. The Kier molecular flexibility index (Phi) is 9.06. The molecule has 0 radical (unpaired) electrons. The first-order valence-electron chi connectivity index (χ1n) is 24.0. The molecule has 14 rings (SSSR count). The molecule has 4 aromatic heterocycles. The van der Waals surface area contributed by atoms with Gasteiger partial charge in [-0.05, 0) is 46.5 Å². The number of para-hydroxylation sites is 2. The summed E-state index contributed by atoms with van der Waals surface area (Å²) < 4.78 is 4.61. The van der Waals surface area contributed by atoms with Gasteiger partial charge in [0.05, 0.1) is 22.1 Å². The molecule has 13 aromatic rings. The second-order valence-electron chi connectivity index (χ2n) is 18.7. The van der Waals surface area contributed by atoms with E-state index in [0.29, 0.717) is 35.1 Å². The van der Waals surface area contributed by atoms with Crippen LogP contribution in [0.5, 0.6) is 0 Å². The van der Waals surface area contributed by atoms with Crippen LogP contribution in [-0.4, -0.2) is 39.0 Å². The van der Waals surface area contributed by atoms with Crippen molar-refractivity contribution in [3.8, 4) is 79.7 Å². The molecule has 9 aromatic carbocycles. The van der Waals surface area contributed by atoms with E-state index in [2.05, 4.69) is 163 Å². The van der Waals surface area contributed by atoms with Gasteiger partial charge < -0.3 is 4.57 Å². The van der Waals surface area contributed by atoms with Gasteiger partial charge in [-0.2, -0.15) is 9.97 Å². The lowest BCUT2D eigenvalue weighted by molar-refractivity contribution is 0.661. The molecule has 0 unspecified atom stereocenters. The summed E-state index contributed by atoms with van der Waals surface area (Å²) in [5, 5.41) is 4.43. The second kappa shape index (κ2) is 15.8. The van der Waals surface area contributed by atoms with Crippen LogP contribution in [0, 0.1) is 0 Å². The van der Waals surface area contributed by atoms with E-state index >= 15 is 0 Å². The predicted octanol–water partition coefficient (Wildman–Crippen LogP) is 14.9. The highest BCUT2D eigenvalue weighted by Crippen LogP contribution is 2.52. The summed E-state index contributed by atoms with van der Waals surface area (Å²) in [5.74, 6) is 3.58. The monoisotopic (exact) mass is 910 g/mol. The van der Waals surface area contributed by atoms with Gasteiger partial charge in [0, 0.05) is 60.5 Å². The van der Waals surface area contributed by atoms with Crippen LogP contribution in [0.3, 0.4) is 0 Å². The fourth-order valence-corrected chi connectivity index (χ4v) is 11.0. The van der Waals surface area contributed by atoms with Crippen LogP contribution < -0.4 is 0 Å². The third kappa shape index (κ3) is 6.38. The van der Waals surface area contributed by atoms with Crippen molar-refractivity contribution < 1.29 is 0 Å².